The van der Waals surface area contributed by atoms with Gasteiger partial charge in [0.25, 0.3) is 0 Å². The van der Waals surface area contributed by atoms with Crippen LogP contribution in [0.2, 0.25) is 0 Å². The van der Waals surface area contributed by atoms with Crippen molar-refractivity contribution < 1.29 is 17.2 Å². The van der Waals surface area contributed by atoms with Crippen LogP contribution < -0.4 is 5.32 Å². The number of sulfone groups is 1. The van der Waals surface area contributed by atoms with Crippen LogP contribution in [0, 0.1) is 0 Å². The number of benzene rings is 1. The van der Waals surface area contributed by atoms with E-state index in [1.807, 2.05) is 6.08 Å². The van der Waals surface area contributed by atoms with Crippen molar-refractivity contribution in [3.05, 3.63) is 36.9 Å². The van der Waals surface area contributed by atoms with Gasteiger partial charge in [0.1, 0.15) is 0 Å². The Labute approximate surface area is 129 Å². The second kappa shape index (κ2) is 7.19. The molecule has 1 aromatic carbocycles. The van der Waals surface area contributed by atoms with Gasteiger partial charge in [-0.05, 0) is 25.0 Å². The van der Waals surface area contributed by atoms with Gasteiger partial charge in [-0.2, -0.15) is 8.78 Å². The van der Waals surface area contributed by atoms with Crippen LogP contribution in [0.15, 0.2) is 41.8 Å². The van der Waals surface area contributed by atoms with Gasteiger partial charge < -0.3 is 5.32 Å². The second-order valence-electron chi connectivity index (χ2n) is 5.31. The molecular formula is C15H20F2N2O2S. The fourth-order valence-electron chi connectivity index (χ4n) is 2.59. The molecule has 0 spiro atoms. The molecule has 1 N–H and O–H groups in total. The van der Waals surface area contributed by atoms with Crippen LogP contribution in [-0.4, -0.2) is 44.8 Å². The Balaban J connectivity index is 2.10. The number of nitrogens with one attached hydrogen (secondary N) is 1. The van der Waals surface area contributed by atoms with E-state index in [-0.39, 0.29) is 16.6 Å². The highest BCUT2D eigenvalue weighted by Gasteiger charge is 2.30. The number of hydrogen-bond donors (Lipinski definition) is 1. The minimum absolute atomic E-state index is 0.0788. The van der Waals surface area contributed by atoms with Crippen molar-refractivity contribution in [2.24, 2.45) is 0 Å². The summed E-state index contributed by atoms with van der Waals surface area (Å²) in [6, 6.07) is 5.92. The van der Waals surface area contributed by atoms with E-state index in [0.717, 1.165) is 32.5 Å². The van der Waals surface area contributed by atoms with Crippen LogP contribution >= 0.6 is 0 Å². The molecule has 1 aliphatic heterocycles. The van der Waals surface area contributed by atoms with Crippen molar-refractivity contribution in [1.82, 2.24) is 4.90 Å². The Hall–Kier alpha value is -1.47. The van der Waals surface area contributed by atoms with E-state index < -0.39 is 15.6 Å². The van der Waals surface area contributed by atoms with Gasteiger partial charge in [-0.1, -0.05) is 18.2 Å². The van der Waals surface area contributed by atoms with E-state index in [1.165, 1.54) is 18.2 Å². The molecule has 0 unspecified atom stereocenters. The van der Waals surface area contributed by atoms with Crippen LogP contribution in [0.5, 0.6) is 0 Å². The monoisotopic (exact) mass is 330 g/mol. The largest absolute Gasteiger partial charge is 0.381 e. The molecule has 4 nitrogen and oxygen atoms in total. The first kappa shape index (κ1) is 16.9. The first-order valence-corrected chi connectivity index (χ1v) is 8.70. The number of nitrogens with zero attached hydrogens (tertiary/aromatic N) is 1. The van der Waals surface area contributed by atoms with Crippen LogP contribution in [0.1, 0.15) is 12.8 Å². The number of piperidine rings is 1. The SMILES string of the molecule is C=CCN1CCC(Nc2ccccc2S(=O)(=O)C(F)F)CC1. The lowest BCUT2D eigenvalue weighted by Gasteiger charge is -2.32. The number of halogens is 2. The van der Waals surface area contributed by atoms with E-state index >= 15 is 0 Å². The topological polar surface area (TPSA) is 49.4 Å². The predicted octanol–water partition coefficient (Wildman–Crippen LogP) is 2.75. The molecule has 1 aromatic rings. The molecule has 7 heteroatoms. The molecule has 0 bridgehead atoms. The zero-order valence-electron chi connectivity index (χ0n) is 12.2. The minimum Gasteiger partial charge on any atom is -0.381 e. The Morgan fingerprint density at radius 3 is 2.55 bits per heavy atom. The molecule has 0 aromatic heterocycles. The summed E-state index contributed by atoms with van der Waals surface area (Å²) in [6.07, 6.45) is 3.51. The molecule has 1 heterocycles. The van der Waals surface area contributed by atoms with Gasteiger partial charge in [-0.25, -0.2) is 8.42 Å². The normalized spacial score (nSPS) is 17.6. The summed E-state index contributed by atoms with van der Waals surface area (Å²) in [4.78, 5) is 1.91. The summed E-state index contributed by atoms with van der Waals surface area (Å²) in [5.41, 5.74) is 0.255. The number of alkyl halides is 2. The molecule has 0 aliphatic carbocycles. The highest BCUT2D eigenvalue weighted by molar-refractivity contribution is 7.91. The molecule has 0 atom stereocenters. The van der Waals surface area contributed by atoms with Crippen molar-refractivity contribution >= 4 is 15.5 Å². The molecule has 1 fully saturated rings. The maximum Gasteiger partial charge on any atom is 0.341 e. The summed E-state index contributed by atoms with van der Waals surface area (Å²) >= 11 is 0. The maximum absolute atomic E-state index is 12.8. The van der Waals surface area contributed by atoms with Gasteiger partial charge in [-0.15, -0.1) is 6.58 Å². The van der Waals surface area contributed by atoms with Crippen molar-refractivity contribution in [3.8, 4) is 0 Å². The predicted molar refractivity (Wildman–Crippen MR) is 82.9 cm³/mol. The molecular weight excluding hydrogens is 310 g/mol. The number of likely N-dealkylation sites (tertiary alicyclic amines) is 1. The quantitative estimate of drug-likeness (QED) is 0.815. The summed E-state index contributed by atoms with van der Waals surface area (Å²) in [5, 5.41) is 3.11. The highest BCUT2D eigenvalue weighted by Crippen LogP contribution is 2.28. The number of hydrogen-bond acceptors (Lipinski definition) is 4. The minimum atomic E-state index is -4.60. The molecule has 1 saturated heterocycles. The molecule has 1 aliphatic rings. The van der Waals surface area contributed by atoms with Crippen molar-refractivity contribution in [2.45, 2.75) is 29.5 Å². The third-order valence-corrected chi connectivity index (χ3v) is 5.20. The lowest BCUT2D eigenvalue weighted by molar-refractivity contribution is 0.234. The fraction of sp³-hybridized carbons (Fsp3) is 0.467. The van der Waals surface area contributed by atoms with Gasteiger partial charge in [0.15, 0.2) is 0 Å². The third-order valence-electron chi connectivity index (χ3n) is 3.76. The van der Waals surface area contributed by atoms with Crippen molar-refractivity contribution in [2.75, 3.05) is 25.0 Å². The lowest BCUT2D eigenvalue weighted by atomic mass is 10.0. The molecule has 0 amide bonds. The van der Waals surface area contributed by atoms with Crippen LogP contribution in [0.25, 0.3) is 0 Å². The number of rotatable bonds is 6. The number of anilines is 1. The Morgan fingerprint density at radius 1 is 1.32 bits per heavy atom. The Bertz CT molecular complexity index is 612. The summed E-state index contributed by atoms with van der Waals surface area (Å²) in [5.74, 6) is -3.41. The molecule has 122 valence electrons. The van der Waals surface area contributed by atoms with Crippen molar-refractivity contribution in [3.63, 3.8) is 0 Å². The second-order valence-corrected chi connectivity index (χ2v) is 7.20. The van der Waals surface area contributed by atoms with Crippen LogP contribution in [0.4, 0.5) is 14.5 Å². The Kier molecular flexibility index (Phi) is 5.52. The number of para-hydroxylation sites is 1. The zero-order chi connectivity index (χ0) is 16.2. The smallest absolute Gasteiger partial charge is 0.341 e. The Morgan fingerprint density at radius 2 is 1.95 bits per heavy atom. The highest BCUT2D eigenvalue weighted by atomic mass is 32.2. The molecule has 0 radical (unpaired) electrons. The first-order chi connectivity index (χ1) is 10.4. The van der Waals surface area contributed by atoms with Gasteiger partial charge >= 0.3 is 5.76 Å². The van der Waals surface area contributed by atoms with Crippen LogP contribution in [0.3, 0.4) is 0 Å². The molecule has 2 rings (SSSR count). The van der Waals surface area contributed by atoms with E-state index in [0.29, 0.717) is 0 Å². The van der Waals surface area contributed by atoms with Gasteiger partial charge in [0, 0.05) is 25.7 Å². The average molecular weight is 330 g/mol. The lowest BCUT2D eigenvalue weighted by Crippen LogP contribution is -2.39. The molecule has 0 saturated carbocycles. The van der Waals surface area contributed by atoms with Gasteiger partial charge in [0.2, 0.25) is 9.84 Å². The average Bonchev–Trinajstić information content (AvgIpc) is 2.50. The zero-order valence-corrected chi connectivity index (χ0v) is 13.0. The van der Waals surface area contributed by atoms with E-state index in [1.54, 1.807) is 6.07 Å². The summed E-state index contributed by atoms with van der Waals surface area (Å²) < 4.78 is 49.0. The summed E-state index contributed by atoms with van der Waals surface area (Å²) in [6.45, 7) is 6.26. The van der Waals surface area contributed by atoms with E-state index in [9.17, 15) is 17.2 Å². The van der Waals surface area contributed by atoms with Crippen molar-refractivity contribution in [1.29, 1.82) is 0 Å². The van der Waals surface area contributed by atoms with Crippen LogP contribution in [-0.2, 0) is 9.84 Å². The standard InChI is InChI=1S/C15H20F2N2O2S/c1-2-9-19-10-7-12(8-11-19)18-13-5-3-4-6-14(13)22(20,21)15(16)17/h2-6,12,15,18H,1,7-11H2. The summed E-state index contributed by atoms with van der Waals surface area (Å²) in [7, 11) is -4.60. The molecule has 22 heavy (non-hydrogen) atoms. The van der Waals surface area contributed by atoms with Gasteiger partial charge in [-0.3, -0.25) is 4.90 Å². The first-order valence-electron chi connectivity index (χ1n) is 7.16. The van der Waals surface area contributed by atoms with E-state index in [4.69, 9.17) is 0 Å². The third kappa shape index (κ3) is 3.84. The van der Waals surface area contributed by atoms with E-state index in [2.05, 4.69) is 16.8 Å². The van der Waals surface area contributed by atoms with Gasteiger partial charge in [0.05, 0.1) is 10.6 Å². The fourth-order valence-corrected chi connectivity index (χ4v) is 3.49. The maximum atomic E-state index is 12.8.